The lowest BCUT2D eigenvalue weighted by atomic mass is 10.3. The van der Waals surface area contributed by atoms with Gasteiger partial charge >= 0.3 is 5.97 Å². The van der Waals surface area contributed by atoms with Crippen molar-refractivity contribution >= 4 is 23.4 Å². The Morgan fingerprint density at radius 2 is 2.33 bits per heavy atom. The molecule has 0 bridgehead atoms. The van der Waals surface area contributed by atoms with Crippen LogP contribution in [-0.4, -0.2) is 23.1 Å². The number of rotatable bonds is 4. The van der Waals surface area contributed by atoms with E-state index in [1.807, 2.05) is 0 Å². The second-order valence-electron chi connectivity index (χ2n) is 4.33. The van der Waals surface area contributed by atoms with Crippen molar-refractivity contribution in [3.8, 4) is 0 Å². The number of hydrogen-bond donors (Lipinski definition) is 1. The van der Waals surface area contributed by atoms with E-state index in [0.717, 1.165) is 18.4 Å². The van der Waals surface area contributed by atoms with Crippen LogP contribution in [-0.2, 0) is 4.74 Å². The van der Waals surface area contributed by atoms with Gasteiger partial charge in [0.15, 0.2) is 5.69 Å². The number of aryl methyl sites for hydroxylation is 1. The molecule has 1 saturated carbocycles. The summed E-state index contributed by atoms with van der Waals surface area (Å²) in [6, 6.07) is 1.68. The number of hydrogen-bond acceptors (Lipinski definition) is 3. The van der Waals surface area contributed by atoms with E-state index < -0.39 is 5.97 Å². The van der Waals surface area contributed by atoms with Gasteiger partial charge in [0.2, 0.25) is 0 Å². The first-order chi connectivity index (χ1) is 8.54. The molecule has 0 aromatic carbocycles. The molecule has 0 saturated heterocycles. The number of nitrogens with zero attached hydrogens (tertiary/aromatic N) is 2. The quantitative estimate of drug-likeness (QED) is 0.517. The number of carbonyl (C=O) groups is 1. The van der Waals surface area contributed by atoms with Gasteiger partial charge in [0.1, 0.15) is 11.0 Å². The standard InChI is InChI=1S/C12H16ClN3O2/c1-3-18-12(17)10-7(2)6-9(13)16(10)15-11(14)8-4-5-8/h6,8H,3-5H2,1-2H3,(H2,14,15). The first-order valence-corrected chi connectivity index (χ1v) is 6.31. The van der Waals surface area contributed by atoms with Crippen LogP contribution in [0, 0.1) is 12.8 Å². The average molecular weight is 270 g/mol. The van der Waals surface area contributed by atoms with Gasteiger partial charge in [-0.2, -0.15) is 5.10 Å². The highest BCUT2D eigenvalue weighted by atomic mass is 35.5. The highest BCUT2D eigenvalue weighted by molar-refractivity contribution is 6.30. The molecule has 1 fully saturated rings. The molecule has 2 rings (SSSR count). The lowest BCUT2D eigenvalue weighted by Gasteiger charge is -2.06. The first kappa shape index (κ1) is 13.0. The molecule has 0 radical (unpaired) electrons. The monoisotopic (exact) mass is 269 g/mol. The van der Waals surface area contributed by atoms with Crippen LogP contribution in [0.3, 0.4) is 0 Å². The Bertz CT molecular complexity index is 504. The van der Waals surface area contributed by atoms with Crippen molar-refractivity contribution in [2.24, 2.45) is 16.8 Å². The topological polar surface area (TPSA) is 69.6 Å². The maximum Gasteiger partial charge on any atom is 0.357 e. The lowest BCUT2D eigenvalue weighted by molar-refractivity contribution is 0.0514. The Labute approximate surface area is 111 Å². The van der Waals surface area contributed by atoms with Crippen molar-refractivity contribution in [1.29, 1.82) is 0 Å². The fourth-order valence-corrected chi connectivity index (χ4v) is 1.99. The summed E-state index contributed by atoms with van der Waals surface area (Å²) >= 11 is 6.06. The highest BCUT2D eigenvalue weighted by Gasteiger charge is 2.27. The number of halogens is 1. The van der Waals surface area contributed by atoms with Gasteiger partial charge in [-0.05, 0) is 38.3 Å². The molecule has 2 N–H and O–H groups in total. The fraction of sp³-hybridized carbons (Fsp3) is 0.500. The Balaban J connectivity index is 2.38. The zero-order valence-corrected chi connectivity index (χ0v) is 11.2. The third kappa shape index (κ3) is 2.51. The van der Waals surface area contributed by atoms with E-state index >= 15 is 0 Å². The number of nitrogens with two attached hydrogens (primary N) is 1. The summed E-state index contributed by atoms with van der Waals surface area (Å²) in [6.07, 6.45) is 2.09. The van der Waals surface area contributed by atoms with Gasteiger partial charge in [0, 0.05) is 5.92 Å². The van der Waals surface area contributed by atoms with Crippen LogP contribution in [0.4, 0.5) is 0 Å². The summed E-state index contributed by atoms with van der Waals surface area (Å²) < 4.78 is 6.36. The van der Waals surface area contributed by atoms with E-state index in [-0.39, 0.29) is 0 Å². The van der Waals surface area contributed by atoms with Gasteiger partial charge in [-0.15, -0.1) is 0 Å². The van der Waals surface area contributed by atoms with Crippen molar-refractivity contribution in [2.75, 3.05) is 6.61 Å². The van der Waals surface area contributed by atoms with Crippen molar-refractivity contribution < 1.29 is 9.53 Å². The Morgan fingerprint density at radius 1 is 1.67 bits per heavy atom. The molecule has 0 amide bonds. The summed E-state index contributed by atoms with van der Waals surface area (Å²) in [7, 11) is 0. The highest BCUT2D eigenvalue weighted by Crippen LogP contribution is 2.29. The van der Waals surface area contributed by atoms with Crippen LogP contribution >= 0.6 is 11.6 Å². The van der Waals surface area contributed by atoms with Gasteiger partial charge in [0.05, 0.1) is 6.61 Å². The number of aromatic nitrogens is 1. The SMILES string of the molecule is CCOC(=O)c1c(C)cc(Cl)n1N=C(N)C1CC1. The molecule has 1 aromatic heterocycles. The van der Waals surface area contributed by atoms with Gasteiger partial charge in [0.25, 0.3) is 0 Å². The summed E-state index contributed by atoms with van der Waals surface area (Å²) in [5.41, 5.74) is 6.92. The Morgan fingerprint density at radius 3 is 2.89 bits per heavy atom. The van der Waals surface area contributed by atoms with Crippen LogP contribution in [0.1, 0.15) is 35.8 Å². The van der Waals surface area contributed by atoms with Crippen molar-refractivity contribution in [3.05, 3.63) is 22.5 Å². The van der Waals surface area contributed by atoms with Crippen LogP contribution in [0.25, 0.3) is 0 Å². The molecule has 1 aromatic rings. The number of esters is 1. The smallest absolute Gasteiger partial charge is 0.357 e. The zero-order valence-electron chi connectivity index (χ0n) is 10.4. The molecule has 18 heavy (non-hydrogen) atoms. The lowest BCUT2D eigenvalue weighted by Crippen LogP contribution is -2.18. The molecule has 0 atom stereocenters. The summed E-state index contributed by atoms with van der Waals surface area (Å²) in [5, 5.41) is 4.58. The molecule has 0 spiro atoms. The largest absolute Gasteiger partial charge is 0.461 e. The third-order valence-corrected chi connectivity index (χ3v) is 3.07. The minimum Gasteiger partial charge on any atom is -0.461 e. The Kier molecular flexibility index (Phi) is 3.61. The fourth-order valence-electron chi connectivity index (χ4n) is 1.70. The van der Waals surface area contributed by atoms with Gasteiger partial charge < -0.3 is 10.5 Å². The molecular formula is C12H16ClN3O2. The van der Waals surface area contributed by atoms with Gasteiger partial charge in [-0.3, -0.25) is 0 Å². The molecule has 1 aliphatic carbocycles. The van der Waals surface area contributed by atoms with Crippen LogP contribution in [0.5, 0.6) is 0 Å². The minimum atomic E-state index is -0.436. The number of ether oxygens (including phenoxy) is 1. The average Bonchev–Trinajstić information content (AvgIpc) is 3.08. The molecule has 5 nitrogen and oxygen atoms in total. The second kappa shape index (κ2) is 5.02. The van der Waals surface area contributed by atoms with Gasteiger partial charge in [-0.1, -0.05) is 11.6 Å². The summed E-state index contributed by atoms with van der Waals surface area (Å²) in [5.74, 6) is 0.395. The van der Waals surface area contributed by atoms with Crippen LogP contribution < -0.4 is 5.73 Å². The number of amidine groups is 1. The molecule has 0 aliphatic heterocycles. The van der Waals surface area contributed by atoms with Crippen LogP contribution in [0.2, 0.25) is 5.15 Å². The molecule has 98 valence electrons. The van der Waals surface area contributed by atoms with E-state index in [9.17, 15) is 4.79 Å². The van der Waals surface area contributed by atoms with E-state index in [1.165, 1.54) is 4.68 Å². The van der Waals surface area contributed by atoms with Crippen molar-refractivity contribution in [3.63, 3.8) is 0 Å². The zero-order chi connectivity index (χ0) is 13.3. The summed E-state index contributed by atoms with van der Waals surface area (Å²) in [6.45, 7) is 3.85. The Hall–Kier alpha value is -1.49. The van der Waals surface area contributed by atoms with E-state index in [4.69, 9.17) is 22.1 Å². The minimum absolute atomic E-state index is 0.308. The molecule has 1 heterocycles. The normalized spacial score (nSPS) is 15.8. The van der Waals surface area contributed by atoms with E-state index in [1.54, 1.807) is 19.9 Å². The molecule has 0 unspecified atom stereocenters. The van der Waals surface area contributed by atoms with Crippen molar-refractivity contribution in [1.82, 2.24) is 4.68 Å². The number of carbonyl (C=O) groups excluding carboxylic acids is 1. The second-order valence-corrected chi connectivity index (χ2v) is 4.72. The van der Waals surface area contributed by atoms with E-state index in [2.05, 4.69) is 5.10 Å². The first-order valence-electron chi connectivity index (χ1n) is 5.94. The van der Waals surface area contributed by atoms with Crippen molar-refractivity contribution in [2.45, 2.75) is 26.7 Å². The predicted molar refractivity (Wildman–Crippen MR) is 69.9 cm³/mol. The van der Waals surface area contributed by atoms with Crippen LogP contribution in [0.15, 0.2) is 11.2 Å². The maximum atomic E-state index is 11.9. The van der Waals surface area contributed by atoms with Gasteiger partial charge in [-0.25, -0.2) is 9.47 Å². The maximum absolute atomic E-state index is 11.9. The predicted octanol–water partition coefficient (Wildman–Crippen LogP) is 2.16. The molecule has 1 aliphatic rings. The molecule has 6 heteroatoms. The molecular weight excluding hydrogens is 254 g/mol. The summed E-state index contributed by atoms with van der Waals surface area (Å²) in [4.78, 5) is 11.9. The third-order valence-electron chi connectivity index (χ3n) is 2.80. The van der Waals surface area contributed by atoms with E-state index in [0.29, 0.717) is 29.2 Å².